The molecule has 3 atom stereocenters. The summed E-state index contributed by atoms with van der Waals surface area (Å²) < 4.78 is 5.42. The van der Waals surface area contributed by atoms with Crippen molar-refractivity contribution in [2.75, 3.05) is 19.1 Å². The van der Waals surface area contributed by atoms with Crippen molar-refractivity contribution in [3.63, 3.8) is 0 Å². The van der Waals surface area contributed by atoms with Crippen LogP contribution in [0.4, 0.5) is 5.69 Å². The van der Waals surface area contributed by atoms with Crippen molar-refractivity contribution in [3.05, 3.63) is 38.7 Å². The van der Waals surface area contributed by atoms with E-state index < -0.39 is 52.9 Å². The number of fused-ring (bicyclic) bond motifs is 1. The number of nitrogens with two attached hydrogens (primary N) is 1. The van der Waals surface area contributed by atoms with Crippen molar-refractivity contribution in [1.29, 1.82) is 0 Å². The summed E-state index contributed by atoms with van der Waals surface area (Å²) in [6.45, 7) is 6.97. The fourth-order valence-electron chi connectivity index (χ4n) is 5.57. The Bertz CT molecular complexity index is 1480. The Kier molecular flexibility index (Phi) is 8.22. The number of anilines is 1. The Morgan fingerprint density at radius 3 is 2.35 bits per heavy atom. The van der Waals surface area contributed by atoms with E-state index in [2.05, 4.69) is 10.8 Å². The molecule has 0 spiro atoms. The minimum Gasteiger partial charge on any atom is -0.422 e. The van der Waals surface area contributed by atoms with Crippen molar-refractivity contribution in [2.24, 2.45) is 11.7 Å². The highest BCUT2D eigenvalue weighted by molar-refractivity contribution is 6.23. The minimum absolute atomic E-state index is 0.00780. The molecule has 0 saturated carbocycles. The SMILES string of the molecule is CONc1cc2oc(=O)c3c(C)c2c(c1C(=O)[C@@H](NC(=O)[C@@H]1CCCN1C(=O)[C@H](C)N)C(C)C)C(=O)CCC3=O. The van der Waals surface area contributed by atoms with Crippen LogP contribution in [0.1, 0.15) is 83.1 Å². The van der Waals surface area contributed by atoms with Crippen LogP contribution in [0, 0.1) is 12.8 Å². The number of carbonyl (C=O) groups is 5. The fraction of sp³-hybridized carbons (Fsp3) is 0.500. The van der Waals surface area contributed by atoms with Gasteiger partial charge in [0.15, 0.2) is 17.3 Å². The number of amides is 2. The molecule has 214 valence electrons. The van der Waals surface area contributed by atoms with Crippen LogP contribution >= 0.6 is 0 Å². The van der Waals surface area contributed by atoms with Crippen molar-refractivity contribution >= 4 is 45.8 Å². The third-order valence-corrected chi connectivity index (χ3v) is 7.52. The van der Waals surface area contributed by atoms with Crippen LogP contribution in [0.25, 0.3) is 11.0 Å². The Morgan fingerprint density at radius 1 is 1.10 bits per heavy atom. The van der Waals surface area contributed by atoms with Gasteiger partial charge in [0, 0.05) is 36.4 Å². The van der Waals surface area contributed by atoms with Crippen LogP contribution in [0.15, 0.2) is 15.3 Å². The van der Waals surface area contributed by atoms with Crippen LogP contribution in [0.5, 0.6) is 0 Å². The topological polar surface area (TPSA) is 178 Å². The largest absolute Gasteiger partial charge is 0.422 e. The number of rotatable bonds is 8. The number of Topliss-reactive ketones (excluding diaryl/α,β-unsaturated/α-hetero) is 3. The Morgan fingerprint density at radius 2 is 1.75 bits per heavy atom. The minimum atomic E-state index is -1.08. The number of nitrogens with zero attached hydrogens (tertiary/aromatic N) is 1. The molecule has 1 aromatic heterocycles. The Balaban J connectivity index is 1.85. The molecular formula is C28H34N4O8. The summed E-state index contributed by atoms with van der Waals surface area (Å²) in [5, 5.41) is 3.00. The molecule has 12 heteroatoms. The van der Waals surface area contributed by atoms with Gasteiger partial charge in [0.05, 0.1) is 30.4 Å². The molecule has 4 rings (SSSR count). The first kappa shape index (κ1) is 29.1. The van der Waals surface area contributed by atoms with E-state index in [1.54, 1.807) is 20.8 Å². The summed E-state index contributed by atoms with van der Waals surface area (Å²) in [6.07, 6.45) is 0.601. The molecule has 2 heterocycles. The third kappa shape index (κ3) is 5.04. The van der Waals surface area contributed by atoms with Gasteiger partial charge in [-0.15, -0.1) is 0 Å². The van der Waals surface area contributed by atoms with E-state index in [1.807, 2.05) is 0 Å². The van der Waals surface area contributed by atoms with E-state index in [9.17, 15) is 28.8 Å². The number of nitrogens with one attached hydrogen (secondary N) is 2. The quantitative estimate of drug-likeness (QED) is 0.248. The van der Waals surface area contributed by atoms with Gasteiger partial charge in [-0.1, -0.05) is 13.8 Å². The molecule has 0 unspecified atom stereocenters. The van der Waals surface area contributed by atoms with Gasteiger partial charge in [-0.25, -0.2) is 4.79 Å². The number of carbonyl (C=O) groups excluding carboxylic acids is 5. The zero-order valence-electron chi connectivity index (χ0n) is 23.2. The predicted octanol–water partition coefficient (Wildman–Crippen LogP) is 1.90. The molecule has 2 aliphatic rings. The summed E-state index contributed by atoms with van der Waals surface area (Å²) in [6, 6.07) is -1.27. The second-order valence-corrected chi connectivity index (χ2v) is 10.7. The number of benzene rings is 1. The first-order valence-electron chi connectivity index (χ1n) is 13.3. The van der Waals surface area contributed by atoms with Crippen LogP contribution in [-0.4, -0.2) is 65.8 Å². The van der Waals surface area contributed by atoms with Gasteiger partial charge < -0.3 is 20.4 Å². The molecule has 1 aliphatic heterocycles. The summed E-state index contributed by atoms with van der Waals surface area (Å²) in [5.74, 6) is -2.82. The first-order valence-corrected chi connectivity index (χ1v) is 13.3. The number of hydrogen-bond donors (Lipinski definition) is 3. The van der Waals surface area contributed by atoms with Crippen LogP contribution < -0.4 is 22.2 Å². The summed E-state index contributed by atoms with van der Waals surface area (Å²) >= 11 is 0. The standard InChI is InChI=1S/C28H34N4O8/c1-12(2)24(30-26(36)16-7-6-10-32(16)27(37)14(4)29)25(35)22-15(31-39-5)11-19-21-13(3)20(28(38)40-19)17(33)8-9-18(34)23(21)22/h11-12,14,16,24,31H,6-10,29H2,1-5H3,(H,30,36)/t14-,16-,24-/m0/s1. The molecular weight excluding hydrogens is 520 g/mol. The van der Waals surface area contributed by atoms with E-state index in [0.29, 0.717) is 19.4 Å². The lowest BCUT2D eigenvalue weighted by Crippen LogP contribution is -2.54. The first-order chi connectivity index (χ1) is 18.9. The zero-order valence-corrected chi connectivity index (χ0v) is 23.2. The second-order valence-electron chi connectivity index (χ2n) is 10.7. The van der Waals surface area contributed by atoms with Crippen molar-refractivity contribution < 1.29 is 33.2 Å². The molecule has 1 aliphatic carbocycles. The van der Waals surface area contributed by atoms with Crippen LogP contribution in [-0.2, 0) is 14.4 Å². The molecule has 1 fully saturated rings. The number of aryl methyl sites for hydroxylation is 1. The lowest BCUT2D eigenvalue weighted by molar-refractivity contribution is -0.139. The average Bonchev–Trinajstić information content (AvgIpc) is 3.38. The highest BCUT2D eigenvalue weighted by atomic mass is 16.6. The number of ketones is 3. The Labute approximate surface area is 230 Å². The molecule has 2 aromatic rings. The molecule has 1 aromatic carbocycles. The molecule has 2 bridgehead atoms. The van der Waals surface area contributed by atoms with Crippen molar-refractivity contribution in [2.45, 2.75) is 71.5 Å². The maximum Gasteiger partial charge on any atom is 0.347 e. The third-order valence-electron chi connectivity index (χ3n) is 7.52. The van der Waals surface area contributed by atoms with Crippen LogP contribution in [0.3, 0.4) is 0 Å². The summed E-state index contributed by atoms with van der Waals surface area (Å²) in [4.78, 5) is 85.6. The van der Waals surface area contributed by atoms with E-state index >= 15 is 0 Å². The maximum atomic E-state index is 14.3. The predicted molar refractivity (Wildman–Crippen MR) is 145 cm³/mol. The van der Waals surface area contributed by atoms with Crippen molar-refractivity contribution in [3.8, 4) is 0 Å². The van der Waals surface area contributed by atoms with Crippen LogP contribution in [0.2, 0.25) is 0 Å². The van der Waals surface area contributed by atoms with Gasteiger partial charge in [-0.2, -0.15) is 0 Å². The second kappa shape index (κ2) is 11.3. The fourth-order valence-corrected chi connectivity index (χ4v) is 5.57. The molecule has 40 heavy (non-hydrogen) atoms. The molecule has 1 saturated heterocycles. The molecule has 2 amide bonds. The molecule has 0 radical (unpaired) electrons. The molecule has 12 nitrogen and oxygen atoms in total. The van der Waals surface area contributed by atoms with Gasteiger partial charge in [-0.05, 0) is 38.2 Å². The van der Waals surface area contributed by atoms with Gasteiger partial charge in [-0.3, -0.25) is 34.3 Å². The van der Waals surface area contributed by atoms with E-state index in [4.69, 9.17) is 15.0 Å². The summed E-state index contributed by atoms with van der Waals surface area (Å²) in [7, 11) is 1.32. The van der Waals surface area contributed by atoms with Gasteiger partial charge in [0.25, 0.3) is 0 Å². The van der Waals surface area contributed by atoms with Gasteiger partial charge >= 0.3 is 5.63 Å². The lowest BCUT2D eigenvalue weighted by atomic mass is 9.83. The van der Waals surface area contributed by atoms with Crippen molar-refractivity contribution in [1.82, 2.24) is 10.2 Å². The van der Waals surface area contributed by atoms with E-state index in [0.717, 1.165) is 0 Å². The van der Waals surface area contributed by atoms with Gasteiger partial charge in [0.2, 0.25) is 11.8 Å². The number of hydrogen-bond acceptors (Lipinski definition) is 10. The zero-order chi connectivity index (χ0) is 29.5. The highest BCUT2D eigenvalue weighted by Gasteiger charge is 2.39. The molecule has 4 N–H and O–H groups in total. The van der Waals surface area contributed by atoms with E-state index in [1.165, 1.54) is 25.0 Å². The smallest absolute Gasteiger partial charge is 0.347 e. The van der Waals surface area contributed by atoms with E-state index in [-0.39, 0.29) is 57.7 Å². The number of likely N-dealkylation sites (tertiary alicyclic amines) is 1. The maximum absolute atomic E-state index is 14.3. The lowest BCUT2D eigenvalue weighted by Gasteiger charge is -2.29. The van der Waals surface area contributed by atoms with Gasteiger partial charge in [0.1, 0.15) is 17.2 Å². The highest BCUT2D eigenvalue weighted by Crippen LogP contribution is 2.36. The monoisotopic (exact) mass is 554 g/mol. The summed E-state index contributed by atoms with van der Waals surface area (Å²) in [5.41, 5.74) is 7.67. The normalized spacial score (nSPS) is 18.6. The average molecular weight is 555 g/mol. The Hall–Kier alpha value is -3.90.